The van der Waals surface area contributed by atoms with Crippen molar-refractivity contribution in [1.29, 1.82) is 0 Å². The van der Waals surface area contributed by atoms with Crippen LogP contribution in [0.25, 0.3) is 10.9 Å². The molecule has 0 aliphatic carbocycles. The second-order valence-corrected chi connectivity index (χ2v) is 4.18. The topological polar surface area (TPSA) is 60.2 Å². The lowest BCUT2D eigenvalue weighted by molar-refractivity contribution is 0.415. The van der Waals surface area contributed by atoms with E-state index in [0.717, 1.165) is 39.2 Å². The Morgan fingerprint density at radius 1 is 1.24 bits per heavy atom. The predicted molar refractivity (Wildman–Crippen MR) is 70.3 cm³/mol. The van der Waals surface area contributed by atoms with Crippen LogP contribution in [0.4, 0.5) is 5.69 Å². The number of benzene rings is 1. The fraction of sp³-hybridized carbons (Fsp3) is 0.308. The molecule has 1 heterocycles. The van der Waals surface area contributed by atoms with Gasteiger partial charge >= 0.3 is 0 Å². The highest BCUT2D eigenvalue weighted by Crippen LogP contribution is 2.32. The molecule has 0 atom stereocenters. The van der Waals surface area contributed by atoms with E-state index < -0.39 is 0 Å². The second-order valence-electron chi connectivity index (χ2n) is 4.18. The summed E-state index contributed by atoms with van der Waals surface area (Å²) in [5.74, 6) is 6.42. The molecule has 0 radical (unpaired) electrons. The molecule has 0 unspecified atom stereocenters. The van der Waals surface area contributed by atoms with Gasteiger partial charge in [-0.1, -0.05) is 0 Å². The number of aryl methyl sites for hydroxylation is 2. The van der Waals surface area contributed by atoms with Gasteiger partial charge in [0.15, 0.2) is 0 Å². The summed E-state index contributed by atoms with van der Waals surface area (Å²) in [6.45, 7) is 6.01. The number of nitrogen functional groups attached to an aromatic ring is 1. The predicted octanol–water partition coefficient (Wildman–Crippen LogP) is 2.45. The molecule has 0 aliphatic rings. The van der Waals surface area contributed by atoms with Crippen LogP contribution in [-0.4, -0.2) is 12.1 Å². The summed E-state index contributed by atoms with van der Waals surface area (Å²) >= 11 is 0. The lowest BCUT2D eigenvalue weighted by Crippen LogP contribution is -2.10. The SMILES string of the molecule is COc1cc(C)c2nc(C)c(C)c(NN)c2c1. The van der Waals surface area contributed by atoms with Crippen LogP contribution >= 0.6 is 0 Å². The van der Waals surface area contributed by atoms with Crippen LogP contribution in [0, 0.1) is 20.8 Å². The highest BCUT2D eigenvalue weighted by atomic mass is 16.5. The molecule has 0 amide bonds. The van der Waals surface area contributed by atoms with Crippen molar-refractivity contribution >= 4 is 16.6 Å². The van der Waals surface area contributed by atoms with E-state index in [1.165, 1.54) is 0 Å². The molecule has 1 aromatic heterocycles. The highest BCUT2D eigenvalue weighted by molar-refractivity contribution is 5.95. The number of nitrogens with two attached hydrogens (primary N) is 1. The van der Waals surface area contributed by atoms with Gasteiger partial charge in [0.1, 0.15) is 5.75 Å². The first-order valence-electron chi connectivity index (χ1n) is 5.50. The molecule has 0 fully saturated rings. The lowest BCUT2D eigenvalue weighted by Gasteiger charge is -2.14. The average Bonchev–Trinajstić information content (AvgIpc) is 2.32. The molecule has 90 valence electrons. The largest absolute Gasteiger partial charge is 0.497 e. The first kappa shape index (κ1) is 11.7. The first-order chi connectivity index (χ1) is 8.08. The number of anilines is 1. The first-order valence-corrected chi connectivity index (χ1v) is 5.50. The number of rotatable bonds is 2. The van der Waals surface area contributed by atoms with Crippen molar-refractivity contribution in [3.05, 3.63) is 29.0 Å². The number of aromatic nitrogens is 1. The van der Waals surface area contributed by atoms with Gasteiger partial charge in [0.2, 0.25) is 0 Å². The van der Waals surface area contributed by atoms with Crippen molar-refractivity contribution in [3.63, 3.8) is 0 Å². The Hall–Kier alpha value is -1.81. The van der Waals surface area contributed by atoms with Gasteiger partial charge in [-0.25, -0.2) is 0 Å². The minimum absolute atomic E-state index is 0.816. The number of nitrogens with zero attached hydrogens (tertiary/aromatic N) is 1. The maximum Gasteiger partial charge on any atom is 0.119 e. The molecule has 2 rings (SSSR count). The van der Waals surface area contributed by atoms with Gasteiger partial charge in [-0.2, -0.15) is 0 Å². The van der Waals surface area contributed by atoms with E-state index in [1.54, 1.807) is 7.11 Å². The zero-order chi connectivity index (χ0) is 12.6. The van der Waals surface area contributed by atoms with Gasteiger partial charge in [-0.15, -0.1) is 0 Å². The Labute approximate surface area is 101 Å². The Morgan fingerprint density at radius 2 is 1.94 bits per heavy atom. The molecule has 2 aromatic rings. The molecule has 0 spiro atoms. The molecule has 0 bridgehead atoms. The van der Waals surface area contributed by atoms with E-state index in [0.29, 0.717) is 0 Å². The number of methoxy groups -OCH3 is 1. The summed E-state index contributed by atoms with van der Waals surface area (Å²) in [7, 11) is 1.66. The number of nitrogens with one attached hydrogen (secondary N) is 1. The number of ether oxygens (including phenoxy) is 1. The smallest absolute Gasteiger partial charge is 0.119 e. The van der Waals surface area contributed by atoms with E-state index in [2.05, 4.69) is 10.4 Å². The summed E-state index contributed by atoms with van der Waals surface area (Å²) in [5.41, 5.74) is 7.76. The Kier molecular flexibility index (Phi) is 2.90. The van der Waals surface area contributed by atoms with E-state index in [4.69, 9.17) is 10.6 Å². The fourth-order valence-electron chi connectivity index (χ4n) is 2.02. The third-order valence-corrected chi connectivity index (χ3v) is 3.12. The maximum absolute atomic E-state index is 5.61. The molecule has 4 nitrogen and oxygen atoms in total. The van der Waals surface area contributed by atoms with E-state index in [9.17, 15) is 0 Å². The van der Waals surface area contributed by atoms with E-state index >= 15 is 0 Å². The quantitative estimate of drug-likeness (QED) is 0.615. The molecule has 0 saturated carbocycles. The van der Waals surface area contributed by atoms with Crippen molar-refractivity contribution in [1.82, 2.24) is 4.98 Å². The van der Waals surface area contributed by atoms with Crippen molar-refractivity contribution < 1.29 is 4.74 Å². The monoisotopic (exact) mass is 231 g/mol. The third-order valence-electron chi connectivity index (χ3n) is 3.12. The van der Waals surface area contributed by atoms with Gasteiger partial charge in [0.25, 0.3) is 0 Å². The minimum atomic E-state index is 0.816. The number of hydrogen-bond donors (Lipinski definition) is 2. The standard InChI is InChI=1S/C13H17N3O/c1-7-5-10(17-4)6-11-12(7)15-9(3)8(2)13(11)16-14/h5-6H,14H2,1-4H3,(H,15,16). The number of fused-ring (bicyclic) bond motifs is 1. The summed E-state index contributed by atoms with van der Waals surface area (Å²) in [4.78, 5) is 4.61. The minimum Gasteiger partial charge on any atom is -0.497 e. The van der Waals surface area contributed by atoms with Gasteiger partial charge in [0, 0.05) is 11.1 Å². The van der Waals surface area contributed by atoms with Crippen LogP contribution in [0.5, 0.6) is 5.75 Å². The van der Waals surface area contributed by atoms with E-state index in [-0.39, 0.29) is 0 Å². The average molecular weight is 231 g/mol. The zero-order valence-electron chi connectivity index (χ0n) is 10.6. The normalized spacial score (nSPS) is 10.6. The molecule has 0 saturated heterocycles. The molecule has 3 N–H and O–H groups in total. The van der Waals surface area contributed by atoms with Gasteiger partial charge in [-0.05, 0) is 44.0 Å². The summed E-state index contributed by atoms with van der Waals surface area (Å²) in [5, 5.41) is 0.993. The van der Waals surface area contributed by atoms with Crippen LogP contribution in [0.2, 0.25) is 0 Å². The maximum atomic E-state index is 5.61. The summed E-state index contributed by atoms with van der Waals surface area (Å²) in [6, 6.07) is 3.93. The van der Waals surface area contributed by atoms with Crippen LogP contribution in [0.15, 0.2) is 12.1 Å². The van der Waals surface area contributed by atoms with Gasteiger partial charge in [0.05, 0.1) is 18.3 Å². The van der Waals surface area contributed by atoms with Crippen molar-refractivity contribution in [2.75, 3.05) is 12.5 Å². The lowest BCUT2D eigenvalue weighted by atomic mass is 10.0. The summed E-state index contributed by atoms with van der Waals surface area (Å²) < 4.78 is 5.28. The Bertz CT molecular complexity index is 579. The fourth-order valence-corrected chi connectivity index (χ4v) is 2.02. The van der Waals surface area contributed by atoms with Crippen LogP contribution in [0.3, 0.4) is 0 Å². The Balaban J connectivity index is 2.90. The molecule has 1 aromatic carbocycles. The van der Waals surface area contributed by atoms with Crippen LogP contribution in [0.1, 0.15) is 16.8 Å². The van der Waals surface area contributed by atoms with Crippen molar-refractivity contribution in [2.24, 2.45) is 5.84 Å². The van der Waals surface area contributed by atoms with Crippen LogP contribution < -0.4 is 16.0 Å². The van der Waals surface area contributed by atoms with Crippen molar-refractivity contribution in [3.8, 4) is 5.75 Å². The van der Waals surface area contributed by atoms with Crippen LogP contribution in [-0.2, 0) is 0 Å². The second kappa shape index (κ2) is 4.22. The number of pyridine rings is 1. The molecule has 17 heavy (non-hydrogen) atoms. The van der Waals surface area contributed by atoms with Crippen molar-refractivity contribution in [2.45, 2.75) is 20.8 Å². The zero-order valence-corrected chi connectivity index (χ0v) is 10.6. The third kappa shape index (κ3) is 1.80. The molecule has 4 heteroatoms. The molecular formula is C13H17N3O. The summed E-state index contributed by atoms with van der Waals surface area (Å²) in [6.07, 6.45) is 0. The van der Waals surface area contributed by atoms with Gasteiger partial charge < -0.3 is 10.2 Å². The number of hydrogen-bond acceptors (Lipinski definition) is 4. The van der Waals surface area contributed by atoms with E-state index in [1.807, 2.05) is 32.9 Å². The Morgan fingerprint density at radius 3 is 2.53 bits per heavy atom. The molecular weight excluding hydrogens is 214 g/mol. The highest BCUT2D eigenvalue weighted by Gasteiger charge is 2.11. The number of hydrazine groups is 1. The molecule has 0 aliphatic heterocycles. The van der Waals surface area contributed by atoms with Gasteiger partial charge in [-0.3, -0.25) is 10.8 Å².